The number of hydrogen-bond acceptors (Lipinski definition) is 7. The molecule has 0 bridgehead atoms. The van der Waals surface area contributed by atoms with Crippen LogP contribution < -0.4 is 14.2 Å². The number of thiazole rings is 1. The van der Waals surface area contributed by atoms with E-state index in [2.05, 4.69) is 13.8 Å². The Morgan fingerprint density at radius 3 is 2.23 bits per heavy atom. The molecule has 0 atom stereocenters. The van der Waals surface area contributed by atoms with Crippen LogP contribution in [0.15, 0.2) is 41.8 Å². The minimum absolute atomic E-state index is 0.366. The average Bonchev–Trinajstić information content (AvgIpc) is 3.36. The Morgan fingerprint density at radius 2 is 1.49 bits per heavy atom. The molecule has 0 radical (unpaired) electrons. The molecule has 1 heterocycles. The van der Waals surface area contributed by atoms with Crippen LogP contribution in [-0.2, 0) is 4.74 Å². The Labute approximate surface area is 212 Å². The predicted octanol–water partition coefficient (Wildman–Crippen LogP) is 7.41. The molecule has 0 spiro atoms. The number of benzene rings is 2. The van der Waals surface area contributed by atoms with Gasteiger partial charge in [-0.1, -0.05) is 26.7 Å². The van der Waals surface area contributed by atoms with Gasteiger partial charge in [0.15, 0.2) is 11.5 Å². The highest BCUT2D eigenvalue weighted by molar-refractivity contribution is 7.13. The van der Waals surface area contributed by atoms with E-state index in [1.165, 1.54) is 0 Å². The molecule has 2 aromatic carbocycles. The predicted molar refractivity (Wildman–Crippen MR) is 141 cm³/mol. The number of rotatable bonds is 14. The summed E-state index contributed by atoms with van der Waals surface area (Å²) in [5, 5.41) is 2.85. The molecule has 0 aliphatic heterocycles. The summed E-state index contributed by atoms with van der Waals surface area (Å²) in [7, 11) is 0. The SMILES string of the molecule is CCCCOC(=O)c1cc(-c2csc(-c3ccc(OCC)c(OCC)c3)n2)ccc1OCCCC. The van der Waals surface area contributed by atoms with E-state index in [0.717, 1.165) is 53.3 Å². The molecule has 3 rings (SSSR count). The minimum Gasteiger partial charge on any atom is -0.493 e. The quantitative estimate of drug-likeness (QED) is 0.171. The van der Waals surface area contributed by atoms with Crippen molar-refractivity contribution in [3.63, 3.8) is 0 Å². The lowest BCUT2D eigenvalue weighted by atomic mass is 10.1. The summed E-state index contributed by atoms with van der Waals surface area (Å²) in [4.78, 5) is 17.7. The minimum atomic E-state index is -0.366. The first-order chi connectivity index (χ1) is 17.1. The van der Waals surface area contributed by atoms with Crippen LogP contribution in [0.2, 0.25) is 0 Å². The van der Waals surface area contributed by atoms with E-state index in [1.807, 2.05) is 55.6 Å². The second-order valence-corrected chi connectivity index (χ2v) is 8.83. The third kappa shape index (κ3) is 7.21. The highest BCUT2D eigenvalue weighted by Gasteiger charge is 2.18. The molecule has 188 valence electrons. The smallest absolute Gasteiger partial charge is 0.341 e. The molecule has 0 saturated carbocycles. The zero-order chi connectivity index (χ0) is 25.0. The lowest BCUT2D eigenvalue weighted by Gasteiger charge is -2.12. The summed E-state index contributed by atoms with van der Waals surface area (Å²) in [6.07, 6.45) is 3.74. The highest BCUT2D eigenvalue weighted by Crippen LogP contribution is 2.36. The summed E-state index contributed by atoms with van der Waals surface area (Å²) in [6, 6.07) is 11.4. The van der Waals surface area contributed by atoms with Crippen molar-refractivity contribution >= 4 is 17.3 Å². The van der Waals surface area contributed by atoms with Gasteiger partial charge in [0, 0.05) is 16.5 Å². The van der Waals surface area contributed by atoms with Crippen molar-refractivity contribution in [1.82, 2.24) is 4.98 Å². The van der Waals surface area contributed by atoms with Gasteiger partial charge in [0.2, 0.25) is 0 Å². The molecule has 0 aliphatic rings. The third-order valence-corrected chi connectivity index (χ3v) is 6.17. The largest absolute Gasteiger partial charge is 0.493 e. The van der Waals surface area contributed by atoms with Gasteiger partial charge < -0.3 is 18.9 Å². The Bertz CT molecular complexity index is 1090. The van der Waals surface area contributed by atoms with E-state index in [9.17, 15) is 4.79 Å². The molecule has 1 aromatic heterocycles. The standard InChI is InChI=1S/C28H35NO5S/c1-5-9-15-33-24-13-11-20(17-22(24)28(30)34-16-10-6-2)23-19-35-27(29-23)21-12-14-25(31-7-3)26(18-21)32-8-4/h11-14,17-19H,5-10,15-16H2,1-4H3. The van der Waals surface area contributed by atoms with Crippen LogP contribution in [0.3, 0.4) is 0 Å². The number of esters is 1. The maximum absolute atomic E-state index is 12.8. The third-order valence-electron chi connectivity index (χ3n) is 5.28. The molecular weight excluding hydrogens is 462 g/mol. The molecule has 35 heavy (non-hydrogen) atoms. The van der Waals surface area contributed by atoms with E-state index in [1.54, 1.807) is 11.3 Å². The summed E-state index contributed by atoms with van der Waals surface area (Å²) >= 11 is 1.54. The fourth-order valence-corrected chi connectivity index (χ4v) is 4.24. The topological polar surface area (TPSA) is 66.9 Å². The maximum Gasteiger partial charge on any atom is 0.341 e. The fraction of sp³-hybridized carbons (Fsp3) is 0.429. The van der Waals surface area contributed by atoms with Crippen LogP contribution in [0, 0.1) is 0 Å². The maximum atomic E-state index is 12.8. The zero-order valence-corrected chi connectivity index (χ0v) is 21.9. The average molecular weight is 498 g/mol. The van der Waals surface area contributed by atoms with Crippen molar-refractivity contribution in [2.45, 2.75) is 53.4 Å². The van der Waals surface area contributed by atoms with E-state index >= 15 is 0 Å². The molecule has 0 fully saturated rings. The van der Waals surface area contributed by atoms with Crippen LogP contribution >= 0.6 is 11.3 Å². The lowest BCUT2D eigenvalue weighted by molar-refractivity contribution is 0.0495. The Morgan fingerprint density at radius 1 is 0.800 bits per heavy atom. The molecule has 0 amide bonds. The summed E-state index contributed by atoms with van der Waals surface area (Å²) in [6.45, 7) is 10.2. The number of unbranched alkanes of at least 4 members (excludes halogenated alkanes) is 2. The molecular formula is C28H35NO5S. The van der Waals surface area contributed by atoms with Gasteiger partial charge in [-0.05, 0) is 63.1 Å². The van der Waals surface area contributed by atoms with Gasteiger partial charge >= 0.3 is 5.97 Å². The molecule has 0 saturated heterocycles. The monoisotopic (exact) mass is 497 g/mol. The number of carbonyl (C=O) groups excluding carboxylic acids is 1. The van der Waals surface area contributed by atoms with E-state index in [-0.39, 0.29) is 5.97 Å². The summed E-state index contributed by atoms with van der Waals surface area (Å²) < 4.78 is 22.8. The Hall–Kier alpha value is -3.06. The van der Waals surface area contributed by atoms with E-state index < -0.39 is 0 Å². The van der Waals surface area contributed by atoms with Crippen LogP contribution in [0.25, 0.3) is 21.8 Å². The van der Waals surface area contributed by atoms with Crippen LogP contribution in [0.1, 0.15) is 63.7 Å². The van der Waals surface area contributed by atoms with Crippen molar-refractivity contribution in [2.75, 3.05) is 26.4 Å². The molecule has 0 unspecified atom stereocenters. The zero-order valence-electron chi connectivity index (χ0n) is 21.1. The molecule has 3 aromatic rings. The highest BCUT2D eigenvalue weighted by atomic mass is 32.1. The van der Waals surface area contributed by atoms with Gasteiger partial charge in [-0.2, -0.15) is 0 Å². The molecule has 0 N–H and O–H groups in total. The molecule has 0 aliphatic carbocycles. The van der Waals surface area contributed by atoms with Crippen LogP contribution in [0.4, 0.5) is 0 Å². The first-order valence-corrected chi connectivity index (χ1v) is 13.3. The number of hydrogen-bond donors (Lipinski definition) is 0. The van der Waals surface area contributed by atoms with Gasteiger partial charge in [0.05, 0.1) is 32.1 Å². The van der Waals surface area contributed by atoms with Crippen molar-refractivity contribution in [2.24, 2.45) is 0 Å². The second kappa shape index (κ2) is 13.7. The number of ether oxygens (including phenoxy) is 4. The first-order valence-electron chi connectivity index (χ1n) is 12.4. The van der Waals surface area contributed by atoms with Crippen molar-refractivity contribution in [3.8, 4) is 39.1 Å². The summed E-state index contributed by atoms with van der Waals surface area (Å²) in [5.74, 6) is 1.61. The molecule has 6 nitrogen and oxygen atoms in total. The van der Waals surface area contributed by atoms with Gasteiger partial charge in [0.1, 0.15) is 16.3 Å². The second-order valence-electron chi connectivity index (χ2n) is 7.97. The Balaban J connectivity index is 1.88. The van der Waals surface area contributed by atoms with Crippen molar-refractivity contribution in [1.29, 1.82) is 0 Å². The van der Waals surface area contributed by atoms with Gasteiger partial charge in [-0.3, -0.25) is 0 Å². The van der Waals surface area contributed by atoms with Crippen molar-refractivity contribution in [3.05, 3.63) is 47.3 Å². The Kier molecular flexibility index (Phi) is 10.4. The first kappa shape index (κ1) is 26.5. The van der Waals surface area contributed by atoms with Crippen molar-refractivity contribution < 1.29 is 23.7 Å². The van der Waals surface area contributed by atoms with Crippen LogP contribution in [0.5, 0.6) is 17.2 Å². The number of nitrogens with zero attached hydrogens (tertiary/aromatic N) is 1. The van der Waals surface area contributed by atoms with E-state index in [0.29, 0.717) is 43.5 Å². The fourth-order valence-electron chi connectivity index (χ4n) is 3.41. The number of aromatic nitrogens is 1. The lowest BCUT2D eigenvalue weighted by Crippen LogP contribution is -2.10. The number of carbonyl (C=O) groups is 1. The summed E-state index contributed by atoms with van der Waals surface area (Å²) in [5.41, 5.74) is 3.02. The van der Waals surface area contributed by atoms with Crippen LogP contribution in [-0.4, -0.2) is 37.4 Å². The van der Waals surface area contributed by atoms with Gasteiger partial charge in [-0.15, -0.1) is 11.3 Å². The van der Waals surface area contributed by atoms with Gasteiger partial charge in [-0.25, -0.2) is 9.78 Å². The van der Waals surface area contributed by atoms with Gasteiger partial charge in [0.25, 0.3) is 0 Å². The van der Waals surface area contributed by atoms with E-state index in [4.69, 9.17) is 23.9 Å². The molecule has 7 heteroatoms. The normalized spacial score (nSPS) is 10.7.